The van der Waals surface area contributed by atoms with Crippen molar-refractivity contribution in [1.29, 1.82) is 0 Å². The van der Waals surface area contributed by atoms with E-state index in [9.17, 15) is 9.59 Å². The molecule has 7 heteroatoms. The van der Waals surface area contributed by atoms with Gasteiger partial charge in [-0.15, -0.1) is 0 Å². The number of fused-ring (bicyclic) bond motifs is 1. The van der Waals surface area contributed by atoms with Crippen LogP contribution in [-0.4, -0.2) is 35.0 Å². The molecule has 144 valence electrons. The Morgan fingerprint density at radius 1 is 1.22 bits per heavy atom. The van der Waals surface area contributed by atoms with E-state index >= 15 is 0 Å². The van der Waals surface area contributed by atoms with Gasteiger partial charge in [0.2, 0.25) is 0 Å². The summed E-state index contributed by atoms with van der Waals surface area (Å²) in [6.45, 7) is 5.35. The van der Waals surface area contributed by atoms with Gasteiger partial charge in [-0.2, -0.15) is 0 Å². The van der Waals surface area contributed by atoms with Crippen LogP contribution in [0.3, 0.4) is 0 Å². The van der Waals surface area contributed by atoms with Crippen molar-refractivity contribution in [2.45, 2.75) is 39.7 Å². The van der Waals surface area contributed by atoms with E-state index in [0.29, 0.717) is 42.0 Å². The zero-order valence-electron chi connectivity index (χ0n) is 16.0. The SMILES string of the molecule is COc1ccccc1NC(=O)c1nc(C(=O)NCC(C)C)n2c1CCCC2. The largest absolute Gasteiger partial charge is 0.495 e. The summed E-state index contributed by atoms with van der Waals surface area (Å²) in [5, 5.41) is 5.75. The number of hydrogen-bond donors (Lipinski definition) is 2. The number of para-hydroxylation sites is 2. The van der Waals surface area contributed by atoms with Gasteiger partial charge in [-0.25, -0.2) is 4.98 Å². The molecule has 2 heterocycles. The lowest BCUT2D eigenvalue weighted by Gasteiger charge is -2.17. The first-order chi connectivity index (χ1) is 13.0. The highest BCUT2D eigenvalue weighted by Gasteiger charge is 2.27. The summed E-state index contributed by atoms with van der Waals surface area (Å²) in [5.41, 5.74) is 1.71. The third-order valence-electron chi connectivity index (χ3n) is 4.56. The van der Waals surface area contributed by atoms with Crippen molar-refractivity contribution < 1.29 is 14.3 Å². The van der Waals surface area contributed by atoms with E-state index in [1.165, 1.54) is 0 Å². The van der Waals surface area contributed by atoms with Crippen molar-refractivity contribution >= 4 is 17.5 Å². The molecule has 0 saturated heterocycles. The molecular formula is C20H26N4O3. The zero-order valence-corrected chi connectivity index (χ0v) is 16.0. The Hall–Kier alpha value is -2.83. The highest BCUT2D eigenvalue weighted by Crippen LogP contribution is 2.26. The minimum absolute atomic E-state index is 0.233. The van der Waals surface area contributed by atoms with Crippen LogP contribution in [0.4, 0.5) is 5.69 Å². The normalized spacial score (nSPS) is 13.2. The van der Waals surface area contributed by atoms with Crippen LogP contribution in [0.25, 0.3) is 0 Å². The van der Waals surface area contributed by atoms with Gasteiger partial charge in [0, 0.05) is 13.1 Å². The molecule has 2 aromatic rings. The van der Waals surface area contributed by atoms with Gasteiger partial charge in [-0.3, -0.25) is 9.59 Å². The Kier molecular flexibility index (Phi) is 5.78. The van der Waals surface area contributed by atoms with Gasteiger partial charge in [-0.1, -0.05) is 26.0 Å². The summed E-state index contributed by atoms with van der Waals surface area (Å²) in [6.07, 6.45) is 2.69. The van der Waals surface area contributed by atoms with Gasteiger partial charge < -0.3 is 19.9 Å². The molecule has 3 rings (SSSR count). The number of aromatic nitrogens is 2. The topological polar surface area (TPSA) is 85.2 Å². The third kappa shape index (κ3) is 4.13. The molecule has 1 aliphatic heterocycles. The maximum absolute atomic E-state index is 12.9. The smallest absolute Gasteiger partial charge is 0.287 e. The number of rotatable bonds is 6. The first-order valence-corrected chi connectivity index (χ1v) is 9.33. The Morgan fingerprint density at radius 2 is 2.00 bits per heavy atom. The van der Waals surface area contributed by atoms with Crippen LogP contribution in [0.2, 0.25) is 0 Å². The minimum Gasteiger partial charge on any atom is -0.495 e. The summed E-state index contributed by atoms with van der Waals surface area (Å²) < 4.78 is 7.17. The molecule has 1 aromatic carbocycles. The third-order valence-corrected chi connectivity index (χ3v) is 4.56. The number of nitrogens with one attached hydrogen (secondary N) is 2. The Bertz CT molecular complexity index is 842. The van der Waals surface area contributed by atoms with Gasteiger partial charge >= 0.3 is 0 Å². The summed E-state index contributed by atoms with van der Waals surface area (Å²) >= 11 is 0. The van der Waals surface area contributed by atoms with Crippen molar-refractivity contribution in [3.05, 3.63) is 41.5 Å². The average molecular weight is 370 g/mol. The Balaban J connectivity index is 1.88. The molecule has 0 spiro atoms. The monoisotopic (exact) mass is 370 g/mol. The molecule has 1 aromatic heterocycles. The molecular weight excluding hydrogens is 344 g/mol. The standard InChI is InChI=1S/C20H26N4O3/c1-13(2)12-21-20(26)18-23-17(15-9-6-7-11-24(15)18)19(25)22-14-8-4-5-10-16(14)27-3/h4-5,8,10,13H,6-7,9,11-12H2,1-3H3,(H,21,26)(H,22,25). The van der Waals surface area contributed by atoms with Gasteiger partial charge in [0.1, 0.15) is 5.75 Å². The van der Waals surface area contributed by atoms with Gasteiger partial charge in [0.15, 0.2) is 11.5 Å². The maximum Gasteiger partial charge on any atom is 0.287 e. The summed E-state index contributed by atoms with van der Waals surface area (Å²) in [6, 6.07) is 7.22. The number of amides is 2. The molecule has 27 heavy (non-hydrogen) atoms. The molecule has 0 atom stereocenters. The predicted octanol–water partition coefficient (Wildman–Crippen LogP) is 2.87. The number of imidazole rings is 1. The second kappa shape index (κ2) is 8.24. The lowest BCUT2D eigenvalue weighted by atomic mass is 10.1. The minimum atomic E-state index is -0.326. The second-order valence-electron chi connectivity index (χ2n) is 7.10. The number of hydrogen-bond acceptors (Lipinski definition) is 4. The number of methoxy groups -OCH3 is 1. The van der Waals surface area contributed by atoms with Crippen molar-refractivity contribution in [2.24, 2.45) is 5.92 Å². The molecule has 0 bridgehead atoms. The average Bonchev–Trinajstić information content (AvgIpc) is 3.06. The Labute approximate surface area is 159 Å². The number of carbonyl (C=O) groups excluding carboxylic acids is 2. The molecule has 2 N–H and O–H groups in total. The van der Waals surface area contributed by atoms with Crippen LogP contribution >= 0.6 is 0 Å². The first kappa shape index (κ1) is 18.9. The summed E-state index contributed by atoms with van der Waals surface area (Å²) in [4.78, 5) is 29.9. The first-order valence-electron chi connectivity index (χ1n) is 9.33. The molecule has 0 radical (unpaired) electrons. The Morgan fingerprint density at radius 3 is 2.74 bits per heavy atom. The quantitative estimate of drug-likeness (QED) is 0.819. The summed E-state index contributed by atoms with van der Waals surface area (Å²) in [7, 11) is 1.56. The number of anilines is 1. The maximum atomic E-state index is 12.9. The van der Waals surface area contributed by atoms with E-state index < -0.39 is 0 Å². The van der Waals surface area contributed by atoms with Gasteiger partial charge in [0.05, 0.1) is 18.5 Å². The highest BCUT2D eigenvalue weighted by atomic mass is 16.5. The van der Waals surface area contributed by atoms with E-state index in [0.717, 1.165) is 25.0 Å². The second-order valence-corrected chi connectivity index (χ2v) is 7.10. The molecule has 0 saturated carbocycles. The van der Waals surface area contributed by atoms with Crippen LogP contribution in [0, 0.1) is 5.92 Å². The van der Waals surface area contributed by atoms with Crippen LogP contribution in [0.15, 0.2) is 24.3 Å². The van der Waals surface area contributed by atoms with Crippen molar-refractivity contribution in [1.82, 2.24) is 14.9 Å². The van der Waals surface area contributed by atoms with Crippen LogP contribution in [0.1, 0.15) is 53.5 Å². The molecule has 1 aliphatic rings. The van der Waals surface area contributed by atoms with Crippen LogP contribution < -0.4 is 15.4 Å². The van der Waals surface area contributed by atoms with Crippen molar-refractivity contribution in [3.8, 4) is 5.75 Å². The number of nitrogens with zero attached hydrogens (tertiary/aromatic N) is 2. The fraction of sp³-hybridized carbons (Fsp3) is 0.450. The molecule has 0 unspecified atom stereocenters. The van der Waals surface area contributed by atoms with E-state index in [1.807, 2.05) is 30.5 Å². The number of ether oxygens (including phenoxy) is 1. The lowest BCUT2D eigenvalue weighted by molar-refractivity contribution is 0.0933. The molecule has 0 aliphatic carbocycles. The van der Waals surface area contributed by atoms with Crippen LogP contribution in [0.5, 0.6) is 5.75 Å². The molecule has 7 nitrogen and oxygen atoms in total. The molecule has 0 fully saturated rings. The fourth-order valence-electron chi connectivity index (χ4n) is 3.20. The summed E-state index contributed by atoms with van der Waals surface area (Å²) in [5.74, 6) is 0.679. The zero-order chi connectivity index (χ0) is 19.4. The number of benzene rings is 1. The van der Waals surface area contributed by atoms with Crippen LogP contribution in [-0.2, 0) is 13.0 Å². The highest BCUT2D eigenvalue weighted by molar-refractivity contribution is 6.05. The van der Waals surface area contributed by atoms with Gasteiger partial charge in [-0.05, 0) is 37.3 Å². The molecule has 2 amide bonds. The van der Waals surface area contributed by atoms with E-state index in [1.54, 1.807) is 19.2 Å². The van der Waals surface area contributed by atoms with Crippen molar-refractivity contribution in [2.75, 3.05) is 19.0 Å². The number of carbonyl (C=O) groups is 2. The predicted molar refractivity (Wildman–Crippen MR) is 103 cm³/mol. The fourth-order valence-corrected chi connectivity index (χ4v) is 3.20. The van der Waals surface area contributed by atoms with E-state index in [-0.39, 0.29) is 11.8 Å². The van der Waals surface area contributed by atoms with E-state index in [4.69, 9.17) is 4.74 Å². The lowest BCUT2D eigenvalue weighted by Crippen LogP contribution is -2.30. The van der Waals surface area contributed by atoms with Gasteiger partial charge in [0.25, 0.3) is 11.8 Å². The van der Waals surface area contributed by atoms with Crippen molar-refractivity contribution in [3.63, 3.8) is 0 Å². The van der Waals surface area contributed by atoms with E-state index in [2.05, 4.69) is 15.6 Å².